The van der Waals surface area contributed by atoms with Crippen molar-refractivity contribution in [1.29, 1.82) is 0 Å². The largest absolute Gasteiger partial charge is 0.463 e. The zero-order valence-corrected chi connectivity index (χ0v) is 15.4. The summed E-state index contributed by atoms with van der Waals surface area (Å²) >= 11 is 0. The van der Waals surface area contributed by atoms with Crippen LogP contribution in [0.2, 0.25) is 0 Å². The number of aromatic amines is 1. The van der Waals surface area contributed by atoms with E-state index in [0.29, 0.717) is 40.8 Å². The van der Waals surface area contributed by atoms with Crippen LogP contribution in [0.25, 0.3) is 23.0 Å². The molecule has 4 heterocycles. The Hall–Kier alpha value is -3.75. The average molecular weight is 393 g/mol. The first-order chi connectivity index (χ1) is 14.1. The molecule has 0 aliphatic carbocycles. The van der Waals surface area contributed by atoms with Gasteiger partial charge in [0.25, 0.3) is 5.89 Å². The molecule has 3 aromatic heterocycles. The number of carbonyl (C=O) groups is 1. The van der Waals surface area contributed by atoms with Gasteiger partial charge in [-0.05, 0) is 42.8 Å². The highest BCUT2D eigenvalue weighted by Crippen LogP contribution is 2.33. The summed E-state index contributed by atoms with van der Waals surface area (Å²) in [6, 6.07) is 9.72. The number of benzene rings is 1. The number of nitrogens with zero attached hydrogens (tertiary/aromatic N) is 4. The molecule has 0 radical (unpaired) electrons. The van der Waals surface area contributed by atoms with Gasteiger partial charge in [-0.25, -0.2) is 4.39 Å². The fraction of sp³-hybridized carbons (Fsp3) is 0.200. The Morgan fingerprint density at radius 3 is 2.97 bits per heavy atom. The number of nitrogens with one attached hydrogen (secondary N) is 1. The minimum Gasteiger partial charge on any atom is -0.463 e. The number of hydrogen-bond acceptors (Lipinski definition) is 6. The molecule has 1 unspecified atom stereocenters. The van der Waals surface area contributed by atoms with Crippen molar-refractivity contribution in [2.24, 2.45) is 0 Å². The molecular weight excluding hydrogens is 377 g/mol. The number of rotatable bonds is 4. The molecule has 0 saturated carbocycles. The molecule has 1 amide bonds. The van der Waals surface area contributed by atoms with Gasteiger partial charge in [-0.15, -0.1) is 0 Å². The molecule has 29 heavy (non-hydrogen) atoms. The van der Waals surface area contributed by atoms with Crippen molar-refractivity contribution >= 4 is 11.6 Å². The summed E-state index contributed by atoms with van der Waals surface area (Å²) < 4.78 is 24.1. The third-order valence-electron chi connectivity index (χ3n) is 4.96. The summed E-state index contributed by atoms with van der Waals surface area (Å²) in [6.07, 6.45) is 1.83. The zero-order valence-electron chi connectivity index (χ0n) is 15.4. The van der Waals surface area contributed by atoms with Crippen molar-refractivity contribution in [1.82, 2.24) is 20.3 Å². The van der Waals surface area contributed by atoms with Crippen molar-refractivity contribution < 1.29 is 18.1 Å². The first kappa shape index (κ1) is 17.4. The molecule has 1 aliphatic rings. The van der Waals surface area contributed by atoms with E-state index in [1.54, 1.807) is 42.4 Å². The van der Waals surface area contributed by atoms with Gasteiger partial charge >= 0.3 is 0 Å². The number of furan rings is 1. The summed E-state index contributed by atoms with van der Waals surface area (Å²) in [5.74, 6) is 0.762. The van der Waals surface area contributed by atoms with Crippen LogP contribution in [0.1, 0.15) is 23.7 Å². The number of hydrogen-bond donors (Lipinski definition) is 1. The molecule has 1 fully saturated rings. The summed E-state index contributed by atoms with van der Waals surface area (Å²) in [5, 5.41) is 11.1. The number of aryl methyl sites for hydroxylation is 1. The predicted molar refractivity (Wildman–Crippen MR) is 100 cm³/mol. The number of H-pyrrole nitrogens is 1. The highest BCUT2D eigenvalue weighted by Gasteiger charge is 2.35. The summed E-state index contributed by atoms with van der Waals surface area (Å²) in [7, 11) is 0. The van der Waals surface area contributed by atoms with Gasteiger partial charge in [0.2, 0.25) is 5.91 Å². The van der Waals surface area contributed by atoms with Crippen molar-refractivity contribution in [2.75, 3.05) is 11.4 Å². The van der Waals surface area contributed by atoms with Gasteiger partial charge in [0.1, 0.15) is 17.2 Å². The molecule has 5 rings (SSSR count). The van der Waals surface area contributed by atoms with E-state index >= 15 is 0 Å². The lowest BCUT2D eigenvalue weighted by Gasteiger charge is -2.18. The smallest absolute Gasteiger partial charge is 0.275 e. The Labute approximate surface area is 164 Å². The van der Waals surface area contributed by atoms with E-state index in [9.17, 15) is 9.18 Å². The van der Waals surface area contributed by atoms with E-state index in [-0.39, 0.29) is 30.0 Å². The van der Waals surface area contributed by atoms with E-state index < -0.39 is 0 Å². The van der Waals surface area contributed by atoms with Gasteiger partial charge in [-0.2, -0.15) is 10.1 Å². The van der Waals surface area contributed by atoms with Gasteiger partial charge < -0.3 is 13.8 Å². The normalized spacial score (nSPS) is 16.7. The number of amides is 1. The third-order valence-corrected chi connectivity index (χ3v) is 4.96. The number of anilines is 1. The topological polar surface area (TPSA) is 101 Å². The van der Waals surface area contributed by atoms with Crippen molar-refractivity contribution in [3.05, 3.63) is 59.9 Å². The summed E-state index contributed by atoms with van der Waals surface area (Å²) in [5.41, 5.74) is 2.58. The standard InChI is InChI=1S/C20H16FN5O3/c1-11-7-13(21)4-5-16(11)26-10-12(8-18(26)27)19-22-20(29-25-19)15-9-14(23-24-15)17-3-2-6-28-17/h2-7,9,12H,8,10H2,1H3,(H,23,24). The van der Waals surface area contributed by atoms with E-state index in [0.717, 1.165) is 0 Å². The monoisotopic (exact) mass is 393 g/mol. The maximum Gasteiger partial charge on any atom is 0.275 e. The average Bonchev–Trinajstić information content (AvgIpc) is 3.47. The molecule has 146 valence electrons. The van der Waals surface area contributed by atoms with Crippen molar-refractivity contribution in [2.45, 2.75) is 19.3 Å². The molecular formula is C20H16FN5O3. The summed E-state index contributed by atoms with van der Waals surface area (Å²) in [4.78, 5) is 18.6. The van der Waals surface area contributed by atoms with Crippen LogP contribution in [0.4, 0.5) is 10.1 Å². The van der Waals surface area contributed by atoms with Gasteiger partial charge in [-0.3, -0.25) is 9.89 Å². The van der Waals surface area contributed by atoms with Crippen molar-refractivity contribution in [3.8, 4) is 23.0 Å². The minimum absolute atomic E-state index is 0.0577. The van der Waals surface area contributed by atoms with Crippen LogP contribution >= 0.6 is 0 Å². The second kappa shape index (κ2) is 6.69. The molecule has 1 aliphatic heterocycles. The van der Waals surface area contributed by atoms with E-state index in [1.165, 1.54) is 12.1 Å². The van der Waals surface area contributed by atoms with Crippen LogP contribution < -0.4 is 4.90 Å². The first-order valence-electron chi connectivity index (χ1n) is 9.08. The van der Waals surface area contributed by atoms with Gasteiger partial charge in [0, 0.05) is 30.6 Å². The Morgan fingerprint density at radius 1 is 1.28 bits per heavy atom. The number of carbonyl (C=O) groups excluding carboxylic acids is 1. The fourth-order valence-corrected chi connectivity index (χ4v) is 3.53. The van der Waals surface area contributed by atoms with Crippen LogP contribution in [-0.4, -0.2) is 32.8 Å². The quantitative estimate of drug-likeness (QED) is 0.567. The lowest BCUT2D eigenvalue weighted by atomic mass is 10.1. The second-order valence-electron chi connectivity index (χ2n) is 6.94. The minimum atomic E-state index is -0.328. The van der Waals surface area contributed by atoms with Crippen molar-refractivity contribution in [3.63, 3.8) is 0 Å². The highest BCUT2D eigenvalue weighted by atomic mass is 19.1. The van der Waals surface area contributed by atoms with E-state index in [1.807, 2.05) is 0 Å². The Balaban J connectivity index is 1.36. The first-order valence-corrected chi connectivity index (χ1v) is 9.08. The number of aromatic nitrogens is 4. The Morgan fingerprint density at radius 2 is 2.17 bits per heavy atom. The highest BCUT2D eigenvalue weighted by molar-refractivity contribution is 5.97. The Bertz CT molecular complexity index is 1180. The molecule has 1 saturated heterocycles. The fourth-order valence-electron chi connectivity index (χ4n) is 3.53. The van der Waals surface area contributed by atoms with Crippen LogP contribution in [0.5, 0.6) is 0 Å². The SMILES string of the molecule is Cc1cc(F)ccc1N1CC(c2noc(-c3cc(-c4ccco4)n[nH]3)n2)CC1=O. The van der Waals surface area contributed by atoms with Crippen LogP contribution in [-0.2, 0) is 4.79 Å². The maximum absolute atomic E-state index is 13.4. The molecule has 1 aromatic carbocycles. The Kier molecular flexibility index (Phi) is 4.01. The molecule has 0 bridgehead atoms. The third kappa shape index (κ3) is 3.10. The molecule has 0 spiro atoms. The van der Waals surface area contributed by atoms with Crippen LogP contribution in [0.15, 0.2) is 51.6 Å². The molecule has 8 nitrogen and oxygen atoms in total. The summed E-state index contributed by atoms with van der Waals surface area (Å²) in [6.45, 7) is 2.19. The molecule has 1 atom stereocenters. The number of halogens is 1. The second-order valence-corrected chi connectivity index (χ2v) is 6.94. The van der Waals surface area contributed by atoms with Gasteiger partial charge in [0.05, 0.1) is 6.26 Å². The lowest BCUT2D eigenvalue weighted by molar-refractivity contribution is -0.117. The molecule has 4 aromatic rings. The zero-order chi connectivity index (χ0) is 20.0. The van der Waals surface area contributed by atoms with Gasteiger partial charge in [-0.1, -0.05) is 5.16 Å². The van der Waals surface area contributed by atoms with Crippen LogP contribution in [0.3, 0.4) is 0 Å². The van der Waals surface area contributed by atoms with E-state index in [4.69, 9.17) is 8.94 Å². The van der Waals surface area contributed by atoms with E-state index in [2.05, 4.69) is 20.3 Å². The van der Waals surface area contributed by atoms with Gasteiger partial charge in [0.15, 0.2) is 11.6 Å². The molecule has 9 heteroatoms. The molecule has 1 N–H and O–H groups in total. The lowest BCUT2D eigenvalue weighted by Crippen LogP contribution is -2.25. The predicted octanol–water partition coefficient (Wildman–Crippen LogP) is 3.69. The maximum atomic E-state index is 13.4. The van der Waals surface area contributed by atoms with Crippen LogP contribution in [0, 0.1) is 12.7 Å².